The van der Waals surface area contributed by atoms with Crippen molar-refractivity contribution in [2.45, 2.75) is 24.8 Å². The lowest BCUT2D eigenvalue weighted by atomic mass is 10.2. The lowest BCUT2D eigenvalue weighted by Crippen LogP contribution is -2.23. The zero-order chi connectivity index (χ0) is 16.6. The van der Waals surface area contributed by atoms with E-state index >= 15 is 0 Å². The number of amides is 1. The molecule has 2 aromatic rings. The highest BCUT2D eigenvalue weighted by Gasteiger charge is 2.26. The molecule has 5 nitrogen and oxygen atoms in total. The van der Waals surface area contributed by atoms with Crippen molar-refractivity contribution in [1.82, 2.24) is 4.72 Å². The zero-order valence-corrected chi connectivity index (χ0v) is 13.9. The number of nitrogens with one attached hydrogen (secondary N) is 1. The average Bonchev–Trinajstić information content (AvgIpc) is 2.81. The molecule has 0 unspecified atom stereocenters. The molecule has 120 valence electrons. The minimum absolute atomic E-state index is 0.0258. The summed E-state index contributed by atoms with van der Waals surface area (Å²) in [6, 6.07) is 12.5. The van der Waals surface area contributed by atoms with Gasteiger partial charge in [-0.25, -0.2) is 13.1 Å². The number of aryl methyl sites for hydroxylation is 1. The van der Waals surface area contributed by atoms with Gasteiger partial charge >= 0.3 is 0 Å². The summed E-state index contributed by atoms with van der Waals surface area (Å²) in [7, 11) is -1.91. The van der Waals surface area contributed by atoms with Crippen LogP contribution in [0.2, 0.25) is 0 Å². The van der Waals surface area contributed by atoms with Crippen LogP contribution in [-0.2, 0) is 27.8 Å². The summed E-state index contributed by atoms with van der Waals surface area (Å²) in [6.07, 6.45) is 0.243. The van der Waals surface area contributed by atoms with Gasteiger partial charge in [0.15, 0.2) is 0 Å². The first-order chi connectivity index (χ1) is 10.9. The topological polar surface area (TPSA) is 66.5 Å². The molecule has 23 heavy (non-hydrogen) atoms. The van der Waals surface area contributed by atoms with E-state index in [0.29, 0.717) is 0 Å². The molecule has 1 aliphatic heterocycles. The molecular weight excluding hydrogens is 312 g/mol. The third-order valence-corrected chi connectivity index (χ3v) is 5.42. The quantitative estimate of drug-likeness (QED) is 0.932. The van der Waals surface area contributed by atoms with E-state index in [1.165, 1.54) is 6.07 Å². The first-order valence-corrected chi connectivity index (χ1v) is 8.80. The molecule has 0 aromatic heterocycles. The van der Waals surface area contributed by atoms with Crippen molar-refractivity contribution in [2.24, 2.45) is 0 Å². The predicted molar refractivity (Wildman–Crippen MR) is 88.8 cm³/mol. The zero-order valence-electron chi connectivity index (χ0n) is 13.0. The summed E-state index contributed by atoms with van der Waals surface area (Å²) in [6.45, 7) is 2.22. The number of hydrogen-bond donors (Lipinski definition) is 1. The maximum absolute atomic E-state index is 12.4. The Bertz CT molecular complexity index is 858. The predicted octanol–water partition coefficient (Wildman–Crippen LogP) is 1.99. The molecule has 6 heteroatoms. The number of nitrogens with zero attached hydrogens (tertiary/aromatic N) is 1. The van der Waals surface area contributed by atoms with Gasteiger partial charge in [-0.3, -0.25) is 4.79 Å². The highest BCUT2D eigenvalue weighted by Crippen LogP contribution is 2.29. The molecule has 0 radical (unpaired) electrons. The van der Waals surface area contributed by atoms with Crippen LogP contribution < -0.4 is 9.62 Å². The van der Waals surface area contributed by atoms with Crippen molar-refractivity contribution in [3.05, 3.63) is 59.2 Å². The van der Waals surface area contributed by atoms with E-state index in [0.717, 1.165) is 22.4 Å². The molecule has 1 heterocycles. The summed E-state index contributed by atoms with van der Waals surface area (Å²) in [4.78, 5) is 13.4. The van der Waals surface area contributed by atoms with Gasteiger partial charge in [0.05, 0.1) is 11.3 Å². The molecule has 0 atom stereocenters. The van der Waals surface area contributed by atoms with Crippen LogP contribution in [0.4, 0.5) is 5.69 Å². The standard InChI is InChI=1S/C17H18N2O3S/c1-12-3-5-13(6-4-12)11-18-23(21,22)15-7-8-16-14(9-15)10-17(20)19(16)2/h3-9,18H,10-11H2,1-2H3. The van der Waals surface area contributed by atoms with Crippen molar-refractivity contribution in [3.63, 3.8) is 0 Å². The largest absolute Gasteiger partial charge is 0.315 e. The number of fused-ring (bicyclic) bond motifs is 1. The number of anilines is 1. The van der Waals surface area contributed by atoms with E-state index in [-0.39, 0.29) is 23.8 Å². The molecule has 0 fully saturated rings. The van der Waals surface area contributed by atoms with Crippen molar-refractivity contribution in [1.29, 1.82) is 0 Å². The fraction of sp³-hybridized carbons (Fsp3) is 0.235. The Morgan fingerprint density at radius 2 is 1.83 bits per heavy atom. The minimum atomic E-state index is -3.60. The van der Waals surface area contributed by atoms with Crippen LogP contribution in [0.1, 0.15) is 16.7 Å². The van der Waals surface area contributed by atoms with E-state index in [1.807, 2.05) is 31.2 Å². The van der Waals surface area contributed by atoms with Crippen molar-refractivity contribution in [2.75, 3.05) is 11.9 Å². The molecule has 1 aliphatic rings. The Morgan fingerprint density at radius 3 is 2.52 bits per heavy atom. The first kappa shape index (κ1) is 15.7. The van der Waals surface area contributed by atoms with E-state index in [4.69, 9.17) is 0 Å². The molecule has 0 bridgehead atoms. The number of carbonyl (C=O) groups is 1. The van der Waals surface area contributed by atoms with Crippen molar-refractivity contribution >= 4 is 21.6 Å². The van der Waals surface area contributed by atoms with Gasteiger partial charge in [0.2, 0.25) is 15.9 Å². The summed E-state index contributed by atoms with van der Waals surface area (Å²) >= 11 is 0. The van der Waals surface area contributed by atoms with Crippen LogP contribution in [0.5, 0.6) is 0 Å². The van der Waals surface area contributed by atoms with Gasteiger partial charge in [0.25, 0.3) is 0 Å². The summed E-state index contributed by atoms with van der Waals surface area (Å²) < 4.78 is 27.4. The Hall–Kier alpha value is -2.18. The van der Waals surface area contributed by atoms with Crippen LogP contribution in [0.3, 0.4) is 0 Å². The monoisotopic (exact) mass is 330 g/mol. The molecule has 0 spiro atoms. The maximum atomic E-state index is 12.4. The third-order valence-electron chi connectivity index (χ3n) is 4.03. The Morgan fingerprint density at radius 1 is 1.13 bits per heavy atom. The number of sulfonamides is 1. The number of rotatable bonds is 4. The Kier molecular flexibility index (Phi) is 3.95. The Balaban J connectivity index is 1.79. The van der Waals surface area contributed by atoms with Crippen LogP contribution >= 0.6 is 0 Å². The van der Waals surface area contributed by atoms with Crippen molar-refractivity contribution < 1.29 is 13.2 Å². The van der Waals surface area contributed by atoms with Crippen LogP contribution in [-0.4, -0.2) is 21.4 Å². The van der Waals surface area contributed by atoms with Crippen LogP contribution in [0.25, 0.3) is 0 Å². The van der Waals surface area contributed by atoms with Gasteiger partial charge in [-0.05, 0) is 36.2 Å². The normalized spacial score (nSPS) is 14.2. The molecular formula is C17H18N2O3S. The molecule has 2 aromatic carbocycles. The van der Waals surface area contributed by atoms with E-state index in [9.17, 15) is 13.2 Å². The van der Waals surface area contributed by atoms with E-state index < -0.39 is 10.0 Å². The molecule has 0 saturated carbocycles. The molecule has 1 amide bonds. The molecule has 1 N–H and O–H groups in total. The number of likely N-dealkylation sites (N-methyl/N-ethyl adjacent to an activating group) is 1. The first-order valence-electron chi connectivity index (χ1n) is 7.31. The van der Waals surface area contributed by atoms with Gasteiger partial charge < -0.3 is 4.90 Å². The molecule has 3 rings (SSSR count). The van der Waals surface area contributed by atoms with Gasteiger partial charge in [0, 0.05) is 19.3 Å². The Labute approximate surface area is 136 Å². The maximum Gasteiger partial charge on any atom is 0.240 e. The van der Waals surface area contributed by atoms with E-state index in [2.05, 4.69) is 4.72 Å². The SMILES string of the molecule is Cc1ccc(CNS(=O)(=O)c2ccc3c(c2)CC(=O)N3C)cc1. The fourth-order valence-electron chi connectivity index (χ4n) is 2.58. The summed E-state index contributed by atoms with van der Waals surface area (Å²) in [5.74, 6) is -0.0258. The molecule has 0 saturated heterocycles. The van der Waals surface area contributed by atoms with Gasteiger partial charge in [-0.15, -0.1) is 0 Å². The number of carbonyl (C=O) groups excluding carboxylic acids is 1. The highest BCUT2D eigenvalue weighted by molar-refractivity contribution is 7.89. The third kappa shape index (κ3) is 3.13. The summed E-state index contributed by atoms with van der Waals surface area (Å²) in [5, 5.41) is 0. The minimum Gasteiger partial charge on any atom is -0.315 e. The smallest absolute Gasteiger partial charge is 0.240 e. The van der Waals surface area contributed by atoms with Gasteiger partial charge in [-0.1, -0.05) is 29.8 Å². The second-order valence-electron chi connectivity index (χ2n) is 5.73. The van der Waals surface area contributed by atoms with E-state index in [1.54, 1.807) is 24.1 Å². The van der Waals surface area contributed by atoms with Gasteiger partial charge in [-0.2, -0.15) is 0 Å². The highest BCUT2D eigenvalue weighted by atomic mass is 32.2. The fourth-order valence-corrected chi connectivity index (χ4v) is 3.65. The second-order valence-corrected chi connectivity index (χ2v) is 7.50. The second kappa shape index (κ2) is 5.79. The summed E-state index contributed by atoms with van der Waals surface area (Å²) in [5.41, 5.74) is 3.54. The van der Waals surface area contributed by atoms with Crippen molar-refractivity contribution in [3.8, 4) is 0 Å². The van der Waals surface area contributed by atoms with Crippen LogP contribution in [0.15, 0.2) is 47.4 Å². The lowest BCUT2D eigenvalue weighted by Gasteiger charge is -2.11. The lowest BCUT2D eigenvalue weighted by molar-refractivity contribution is -0.117. The molecule has 0 aliphatic carbocycles. The average molecular weight is 330 g/mol. The number of hydrogen-bond acceptors (Lipinski definition) is 3. The number of benzene rings is 2. The van der Waals surface area contributed by atoms with Crippen LogP contribution in [0, 0.1) is 6.92 Å². The van der Waals surface area contributed by atoms with Gasteiger partial charge in [0.1, 0.15) is 0 Å².